The number of hydrogen-bond acceptors (Lipinski definition) is 3. The zero-order chi connectivity index (χ0) is 18.5. The Morgan fingerprint density at radius 3 is 2.58 bits per heavy atom. The van der Waals surface area contributed by atoms with Crippen LogP contribution in [0.5, 0.6) is 0 Å². The standard InChI is InChI=1S/C19H18Cl2N2O3/c20-15-5-3-13(12-16(15)21)4-6-18(24)22-14-7-9-23(10-8-14)19(25)17-2-1-11-26-17/h1-6,11-12,14H,7-10H2,(H,22,24)/b6-4+. The Hall–Kier alpha value is -2.24. The van der Waals surface area contributed by atoms with Crippen LogP contribution in [0, 0.1) is 0 Å². The van der Waals surface area contributed by atoms with Gasteiger partial charge in [0.1, 0.15) is 0 Å². The van der Waals surface area contributed by atoms with Crippen LogP contribution in [-0.4, -0.2) is 35.8 Å². The highest BCUT2D eigenvalue weighted by Gasteiger charge is 2.25. The SMILES string of the molecule is O=C(/C=C/c1ccc(Cl)c(Cl)c1)NC1CCN(C(=O)c2ccco2)CC1. The number of furan rings is 1. The first-order chi connectivity index (χ1) is 12.5. The summed E-state index contributed by atoms with van der Waals surface area (Å²) in [6.45, 7) is 1.17. The van der Waals surface area contributed by atoms with E-state index in [0.29, 0.717) is 41.7 Å². The second-order valence-electron chi connectivity index (χ2n) is 6.06. The van der Waals surface area contributed by atoms with Gasteiger partial charge in [0.25, 0.3) is 5.91 Å². The number of piperidine rings is 1. The fourth-order valence-electron chi connectivity index (χ4n) is 2.82. The van der Waals surface area contributed by atoms with Gasteiger partial charge >= 0.3 is 0 Å². The Morgan fingerprint density at radius 1 is 1.15 bits per heavy atom. The lowest BCUT2D eigenvalue weighted by molar-refractivity contribution is -0.117. The van der Waals surface area contributed by atoms with Crippen molar-refractivity contribution >= 4 is 41.1 Å². The van der Waals surface area contributed by atoms with Gasteiger partial charge in [-0.25, -0.2) is 0 Å². The van der Waals surface area contributed by atoms with Crippen molar-refractivity contribution < 1.29 is 14.0 Å². The first kappa shape index (κ1) is 18.5. The maximum absolute atomic E-state index is 12.2. The maximum atomic E-state index is 12.2. The summed E-state index contributed by atoms with van der Waals surface area (Å²) in [6.07, 6.45) is 6.06. The Balaban J connectivity index is 1.48. The lowest BCUT2D eigenvalue weighted by Crippen LogP contribution is -2.46. The second-order valence-corrected chi connectivity index (χ2v) is 6.87. The summed E-state index contributed by atoms with van der Waals surface area (Å²) in [6, 6.07) is 8.57. The van der Waals surface area contributed by atoms with Gasteiger partial charge in [-0.2, -0.15) is 0 Å². The van der Waals surface area contributed by atoms with E-state index in [-0.39, 0.29) is 17.9 Å². The minimum Gasteiger partial charge on any atom is -0.459 e. The molecule has 1 aliphatic heterocycles. The molecule has 2 amide bonds. The first-order valence-corrected chi connectivity index (χ1v) is 9.05. The van der Waals surface area contributed by atoms with Gasteiger partial charge in [0.05, 0.1) is 16.3 Å². The molecule has 0 bridgehead atoms. The predicted molar refractivity (Wildman–Crippen MR) is 101 cm³/mol. The number of rotatable bonds is 4. The number of hydrogen-bond donors (Lipinski definition) is 1. The maximum Gasteiger partial charge on any atom is 0.289 e. The molecule has 1 aromatic carbocycles. The average molecular weight is 393 g/mol. The fraction of sp³-hybridized carbons (Fsp3) is 0.263. The quantitative estimate of drug-likeness (QED) is 0.799. The highest BCUT2D eigenvalue weighted by atomic mass is 35.5. The van der Waals surface area contributed by atoms with Gasteiger partial charge in [0, 0.05) is 25.2 Å². The number of carbonyl (C=O) groups excluding carboxylic acids is 2. The van der Waals surface area contributed by atoms with Gasteiger partial charge in [-0.3, -0.25) is 9.59 Å². The lowest BCUT2D eigenvalue weighted by atomic mass is 10.0. The van der Waals surface area contributed by atoms with Crippen molar-refractivity contribution in [3.63, 3.8) is 0 Å². The summed E-state index contributed by atoms with van der Waals surface area (Å²) < 4.78 is 5.14. The molecule has 3 rings (SSSR count). The molecule has 1 aromatic heterocycles. The van der Waals surface area contributed by atoms with Crippen LogP contribution in [0.3, 0.4) is 0 Å². The van der Waals surface area contributed by atoms with Crippen LogP contribution in [0.25, 0.3) is 6.08 Å². The summed E-state index contributed by atoms with van der Waals surface area (Å²) >= 11 is 11.8. The number of halogens is 2. The van der Waals surface area contributed by atoms with Crippen LogP contribution >= 0.6 is 23.2 Å². The zero-order valence-electron chi connectivity index (χ0n) is 14.0. The van der Waals surface area contributed by atoms with E-state index in [1.807, 2.05) is 0 Å². The minimum atomic E-state index is -0.174. The van der Waals surface area contributed by atoms with Crippen LogP contribution < -0.4 is 5.32 Å². The first-order valence-electron chi connectivity index (χ1n) is 8.29. The van der Waals surface area contributed by atoms with E-state index in [1.165, 1.54) is 12.3 Å². The number of benzene rings is 1. The monoisotopic (exact) mass is 392 g/mol. The van der Waals surface area contributed by atoms with Gasteiger partial charge in [-0.05, 0) is 48.7 Å². The van der Waals surface area contributed by atoms with Crippen molar-refractivity contribution in [3.8, 4) is 0 Å². The van der Waals surface area contributed by atoms with Gasteiger partial charge in [0.15, 0.2) is 5.76 Å². The van der Waals surface area contributed by atoms with Crippen molar-refractivity contribution in [3.05, 3.63) is 64.0 Å². The van der Waals surface area contributed by atoms with E-state index < -0.39 is 0 Å². The Labute approximate surface area is 161 Å². The van der Waals surface area contributed by atoms with E-state index in [4.69, 9.17) is 27.6 Å². The summed E-state index contributed by atoms with van der Waals surface area (Å²) in [5.74, 6) is 0.0585. The van der Waals surface area contributed by atoms with Crippen molar-refractivity contribution in [1.82, 2.24) is 10.2 Å². The van der Waals surface area contributed by atoms with E-state index >= 15 is 0 Å². The number of carbonyl (C=O) groups is 2. The molecule has 26 heavy (non-hydrogen) atoms. The third-order valence-electron chi connectivity index (χ3n) is 4.23. The Bertz CT molecular complexity index is 810. The molecule has 1 aliphatic rings. The van der Waals surface area contributed by atoms with Crippen LogP contribution in [0.1, 0.15) is 29.0 Å². The molecule has 1 fully saturated rings. The van der Waals surface area contributed by atoms with Crippen LogP contribution in [-0.2, 0) is 4.79 Å². The van der Waals surface area contributed by atoms with Gasteiger partial charge in [0.2, 0.25) is 5.91 Å². The molecule has 7 heteroatoms. The van der Waals surface area contributed by atoms with Gasteiger partial charge in [-0.15, -0.1) is 0 Å². The van der Waals surface area contributed by atoms with Crippen molar-refractivity contribution in [2.24, 2.45) is 0 Å². The Kier molecular flexibility index (Phi) is 6.01. The molecular formula is C19H18Cl2N2O3. The number of amides is 2. The Morgan fingerprint density at radius 2 is 1.92 bits per heavy atom. The second kappa shape index (κ2) is 8.43. The zero-order valence-corrected chi connectivity index (χ0v) is 15.5. The third-order valence-corrected chi connectivity index (χ3v) is 4.97. The number of nitrogens with one attached hydrogen (secondary N) is 1. The van der Waals surface area contributed by atoms with Crippen molar-refractivity contribution in [1.29, 1.82) is 0 Å². The van der Waals surface area contributed by atoms with Crippen LogP contribution in [0.15, 0.2) is 47.1 Å². The molecule has 0 unspecified atom stereocenters. The van der Waals surface area contributed by atoms with Gasteiger partial charge in [-0.1, -0.05) is 29.3 Å². The molecule has 0 radical (unpaired) electrons. The summed E-state index contributed by atoms with van der Waals surface area (Å²) in [5, 5.41) is 3.89. The third kappa shape index (κ3) is 4.68. The molecule has 5 nitrogen and oxygen atoms in total. The largest absolute Gasteiger partial charge is 0.459 e. The molecule has 1 N–H and O–H groups in total. The van der Waals surface area contributed by atoms with Gasteiger partial charge < -0.3 is 14.6 Å². The molecule has 0 saturated carbocycles. The topological polar surface area (TPSA) is 62.6 Å². The van der Waals surface area contributed by atoms with Crippen molar-refractivity contribution in [2.45, 2.75) is 18.9 Å². The van der Waals surface area contributed by atoms with Crippen LogP contribution in [0.4, 0.5) is 0 Å². The van der Waals surface area contributed by atoms with Crippen LogP contribution in [0.2, 0.25) is 10.0 Å². The summed E-state index contributed by atoms with van der Waals surface area (Å²) in [4.78, 5) is 26.0. The average Bonchev–Trinajstić information content (AvgIpc) is 3.17. The fourth-order valence-corrected chi connectivity index (χ4v) is 3.13. The van der Waals surface area contributed by atoms with E-state index in [2.05, 4.69) is 5.32 Å². The summed E-state index contributed by atoms with van der Waals surface area (Å²) in [5.41, 5.74) is 0.799. The smallest absolute Gasteiger partial charge is 0.289 e. The van der Waals surface area contributed by atoms with E-state index in [1.54, 1.807) is 41.3 Å². The molecular weight excluding hydrogens is 375 g/mol. The highest BCUT2D eigenvalue weighted by molar-refractivity contribution is 6.42. The number of nitrogens with zero attached hydrogens (tertiary/aromatic N) is 1. The van der Waals surface area contributed by atoms with E-state index in [9.17, 15) is 9.59 Å². The lowest BCUT2D eigenvalue weighted by Gasteiger charge is -2.31. The molecule has 2 heterocycles. The molecule has 136 valence electrons. The predicted octanol–water partition coefficient (Wildman–Crippen LogP) is 4.02. The number of likely N-dealkylation sites (tertiary alicyclic amines) is 1. The summed E-state index contributed by atoms with van der Waals surface area (Å²) in [7, 11) is 0. The molecule has 0 spiro atoms. The minimum absolute atomic E-state index is 0.0432. The normalized spacial score (nSPS) is 15.4. The molecule has 1 saturated heterocycles. The molecule has 2 aromatic rings. The molecule has 0 atom stereocenters. The molecule has 0 aliphatic carbocycles. The van der Waals surface area contributed by atoms with Crippen molar-refractivity contribution in [2.75, 3.05) is 13.1 Å². The highest BCUT2D eigenvalue weighted by Crippen LogP contribution is 2.23. The van der Waals surface area contributed by atoms with E-state index in [0.717, 1.165) is 5.56 Å².